The zero-order valence-corrected chi connectivity index (χ0v) is 16.2. The molecule has 0 bridgehead atoms. The van der Waals surface area contributed by atoms with E-state index in [1.807, 2.05) is 42.5 Å². The fourth-order valence-corrected chi connectivity index (χ4v) is 3.42. The number of methoxy groups -OCH3 is 1. The Morgan fingerprint density at radius 3 is 2.71 bits per heavy atom. The lowest BCUT2D eigenvalue weighted by atomic mass is 9.87. The van der Waals surface area contributed by atoms with Crippen LogP contribution in [-0.2, 0) is 20.7 Å². The van der Waals surface area contributed by atoms with E-state index in [4.69, 9.17) is 9.47 Å². The number of aryl methyl sites for hydroxylation is 1. The smallest absolute Gasteiger partial charge is 0.331 e. The van der Waals surface area contributed by atoms with Crippen LogP contribution in [0, 0.1) is 0 Å². The van der Waals surface area contributed by atoms with Crippen LogP contribution in [0.5, 0.6) is 5.75 Å². The highest BCUT2D eigenvalue weighted by Crippen LogP contribution is 2.29. The third-order valence-corrected chi connectivity index (χ3v) is 4.89. The number of rotatable bonds is 6. The van der Waals surface area contributed by atoms with Crippen molar-refractivity contribution in [3.8, 4) is 5.75 Å². The topological polar surface area (TPSA) is 64.6 Å². The first kappa shape index (κ1) is 19.7. The zero-order valence-electron chi connectivity index (χ0n) is 16.2. The van der Waals surface area contributed by atoms with Gasteiger partial charge in [-0.05, 0) is 49.5 Å². The first-order valence-corrected chi connectivity index (χ1v) is 9.48. The quantitative estimate of drug-likeness (QED) is 0.612. The number of hydrogen-bond donors (Lipinski definition) is 1. The van der Waals surface area contributed by atoms with E-state index in [1.54, 1.807) is 20.1 Å². The molecule has 28 heavy (non-hydrogen) atoms. The summed E-state index contributed by atoms with van der Waals surface area (Å²) in [5.74, 6) is -0.202. The van der Waals surface area contributed by atoms with Gasteiger partial charge in [0.2, 0.25) is 0 Å². The van der Waals surface area contributed by atoms with E-state index in [2.05, 4.69) is 11.4 Å². The summed E-state index contributed by atoms with van der Waals surface area (Å²) in [6, 6.07) is 15.4. The number of carbonyl (C=O) groups is 2. The minimum absolute atomic E-state index is 0.0391. The molecule has 0 fully saturated rings. The van der Waals surface area contributed by atoms with E-state index in [-0.39, 0.29) is 11.9 Å². The van der Waals surface area contributed by atoms with Crippen LogP contribution < -0.4 is 10.1 Å². The van der Waals surface area contributed by atoms with E-state index in [0.717, 1.165) is 30.4 Å². The highest BCUT2D eigenvalue weighted by molar-refractivity contribution is 5.90. The zero-order chi connectivity index (χ0) is 19.9. The molecular weight excluding hydrogens is 354 g/mol. The Morgan fingerprint density at radius 1 is 1.14 bits per heavy atom. The summed E-state index contributed by atoms with van der Waals surface area (Å²) < 4.78 is 10.5. The fourth-order valence-electron chi connectivity index (χ4n) is 3.42. The molecule has 1 N–H and O–H groups in total. The van der Waals surface area contributed by atoms with Crippen molar-refractivity contribution in [2.24, 2.45) is 0 Å². The van der Waals surface area contributed by atoms with Crippen LogP contribution in [0.2, 0.25) is 0 Å². The normalized spacial score (nSPS) is 16.9. The van der Waals surface area contributed by atoms with Gasteiger partial charge in [-0.25, -0.2) is 4.79 Å². The second kappa shape index (κ2) is 9.22. The Bertz CT molecular complexity index is 874. The molecule has 0 aliphatic heterocycles. The van der Waals surface area contributed by atoms with E-state index < -0.39 is 12.1 Å². The van der Waals surface area contributed by atoms with Crippen LogP contribution in [0.15, 0.2) is 54.6 Å². The average Bonchev–Trinajstić information content (AvgIpc) is 2.72. The lowest BCUT2D eigenvalue weighted by Crippen LogP contribution is -2.39. The maximum Gasteiger partial charge on any atom is 0.331 e. The van der Waals surface area contributed by atoms with Gasteiger partial charge >= 0.3 is 5.97 Å². The number of esters is 1. The molecule has 0 aromatic heterocycles. The van der Waals surface area contributed by atoms with Gasteiger partial charge in [-0.1, -0.05) is 42.5 Å². The minimum atomic E-state index is -0.871. The van der Waals surface area contributed by atoms with Gasteiger partial charge in [-0.3, -0.25) is 4.79 Å². The molecule has 2 atom stereocenters. The Morgan fingerprint density at radius 2 is 1.89 bits per heavy atom. The van der Waals surface area contributed by atoms with Crippen molar-refractivity contribution in [3.05, 3.63) is 71.3 Å². The van der Waals surface area contributed by atoms with Crippen molar-refractivity contribution < 1.29 is 19.1 Å². The highest BCUT2D eigenvalue weighted by Gasteiger charge is 2.24. The highest BCUT2D eigenvalue weighted by atomic mass is 16.5. The number of hydrogen-bond acceptors (Lipinski definition) is 4. The molecule has 0 saturated heterocycles. The number of carbonyl (C=O) groups excluding carboxylic acids is 2. The first-order chi connectivity index (χ1) is 13.6. The van der Waals surface area contributed by atoms with Crippen LogP contribution >= 0.6 is 0 Å². The van der Waals surface area contributed by atoms with Crippen molar-refractivity contribution in [2.75, 3.05) is 7.11 Å². The average molecular weight is 379 g/mol. The van der Waals surface area contributed by atoms with Crippen LogP contribution in [0.1, 0.15) is 42.5 Å². The molecule has 0 radical (unpaired) electrons. The number of fused-ring (bicyclic) bond motifs is 1. The molecule has 0 heterocycles. The van der Waals surface area contributed by atoms with Gasteiger partial charge in [0, 0.05) is 11.6 Å². The van der Waals surface area contributed by atoms with E-state index in [0.29, 0.717) is 5.75 Å². The summed E-state index contributed by atoms with van der Waals surface area (Å²) in [4.78, 5) is 24.6. The van der Waals surface area contributed by atoms with Crippen molar-refractivity contribution in [3.63, 3.8) is 0 Å². The molecule has 0 saturated carbocycles. The SMILES string of the molecule is COc1ccccc1/C=C/C(=O)O[C@@H](C)C(=O)N[C@@H]1CCCc2ccccc21. The monoisotopic (exact) mass is 379 g/mol. The summed E-state index contributed by atoms with van der Waals surface area (Å²) in [6.45, 7) is 1.58. The molecule has 3 rings (SSSR count). The van der Waals surface area contributed by atoms with E-state index in [1.165, 1.54) is 11.6 Å². The predicted molar refractivity (Wildman–Crippen MR) is 108 cm³/mol. The Hall–Kier alpha value is -3.08. The maximum atomic E-state index is 12.5. The van der Waals surface area contributed by atoms with Gasteiger partial charge in [0.05, 0.1) is 13.2 Å². The van der Waals surface area contributed by atoms with Crippen LogP contribution in [0.3, 0.4) is 0 Å². The number of nitrogens with one attached hydrogen (secondary N) is 1. The molecule has 5 nitrogen and oxygen atoms in total. The number of ether oxygens (including phenoxy) is 2. The number of para-hydroxylation sites is 1. The van der Waals surface area contributed by atoms with Gasteiger partial charge in [-0.2, -0.15) is 0 Å². The van der Waals surface area contributed by atoms with Gasteiger partial charge in [0.25, 0.3) is 5.91 Å². The van der Waals surface area contributed by atoms with Crippen LogP contribution in [0.4, 0.5) is 0 Å². The molecule has 0 spiro atoms. The van der Waals surface area contributed by atoms with Crippen molar-refractivity contribution >= 4 is 18.0 Å². The van der Waals surface area contributed by atoms with Gasteiger partial charge in [0.15, 0.2) is 6.10 Å². The minimum Gasteiger partial charge on any atom is -0.496 e. The van der Waals surface area contributed by atoms with Gasteiger partial charge < -0.3 is 14.8 Å². The van der Waals surface area contributed by atoms with Crippen molar-refractivity contribution in [1.29, 1.82) is 0 Å². The van der Waals surface area contributed by atoms with Crippen molar-refractivity contribution in [1.82, 2.24) is 5.32 Å². The molecule has 1 aliphatic carbocycles. The molecule has 1 amide bonds. The summed E-state index contributed by atoms with van der Waals surface area (Å²) in [5.41, 5.74) is 3.18. The molecule has 2 aromatic rings. The Labute approximate surface area is 165 Å². The van der Waals surface area contributed by atoms with Crippen LogP contribution in [0.25, 0.3) is 6.08 Å². The summed E-state index contributed by atoms with van der Waals surface area (Å²) >= 11 is 0. The maximum absolute atomic E-state index is 12.5. The fraction of sp³-hybridized carbons (Fsp3) is 0.304. The number of benzene rings is 2. The Kier molecular flexibility index (Phi) is 6.48. The summed E-state index contributed by atoms with van der Waals surface area (Å²) in [7, 11) is 1.57. The molecule has 5 heteroatoms. The standard InChI is InChI=1S/C23H25NO4/c1-16(28-22(25)15-14-18-9-4-6-13-21(18)27-2)23(26)24-20-12-7-10-17-8-3-5-11-19(17)20/h3-6,8-9,11,13-16,20H,7,10,12H2,1-2H3,(H,24,26)/b15-14+/t16-,20+/m0/s1. The van der Waals surface area contributed by atoms with Gasteiger partial charge in [0.1, 0.15) is 5.75 Å². The summed E-state index contributed by atoms with van der Waals surface area (Å²) in [6.07, 6.45) is 4.99. The summed E-state index contributed by atoms with van der Waals surface area (Å²) in [5, 5.41) is 3.01. The largest absolute Gasteiger partial charge is 0.496 e. The second-order valence-electron chi connectivity index (χ2n) is 6.81. The third-order valence-electron chi connectivity index (χ3n) is 4.89. The van der Waals surface area contributed by atoms with E-state index in [9.17, 15) is 9.59 Å². The molecule has 1 aliphatic rings. The first-order valence-electron chi connectivity index (χ1n) is 9.48. The molecule has 2 aromatic carbocycles. The molecule has 0 unspecified atom stereocenters. The lowest BCUT2D eigenvalue weighted by molar-refractivity contribution is -0.150. The Balaban J connectivity index is 1.57. The lowest BCUT2D eigenvalue weighted by Gasteiger charge is -2.27. The third kappa shape index (κ3) is 4.80. The van der Waals surface area contributed by atoms with E-state index >= 15 is 0 Å². The second-order valence-corrected chi connectivity index (χ2v) is 6.81. The predicted octanol–water partition coefficient (Wildman–Crippen LogP) is 3.83. The van der Waals surface area contributed by atoms with Gasteiger partial charge in [-0.15, -0.1) is 0 Å². The van der Waals surface area contributed by atoms with Crippen molar-refractivity contribution in [2.45, 2.75) is 38.3 Å². The van der Waals surface area contributed by atoms with Crippen LogP contribution in [-0.4, -0.2) is 25.1 Å². The number of amides is 1. The molecule has 146 valence electrons. The molecular formula is C23H25NO4.